The molecule has 0 aliphatic rings. The van der Waals surface area contributed by atoms with Crippen molar-refractivity contribution in [2.24, 2.45) is 0 Å². The fourth-order valence-corrected chi connectivity index (χ4v) is 2.54. The summed E-state index contributed by atoms with van der Waals surface area (Å²) in [6.45, 7) is 1.96. The fourth-order valence-electron chi connectivity index (χ4n) is 1.83. The second kappa shape index (κ2) is 4.82. The summed E-state index contributed by atoms with van der Waals surface area (Å²) in [5.41, 5.74) is 4.26. The molecule has 4 heteroatoms. The summed E-state index contributed by atoms with van der Waals surface area (Å²) in [5.74, 6) is 0.218. The molecule has 0 aliphatic carbocycles. The van der Waals surface area contributed by atoms with Crippen molar-refractivity contribution < 1.29 is 9.53 Å². The second-order valence-corrected chi connectivity index (χ2v) is 5.13. The standard InChI is InChI=1S/C15H11NO2S/c1-10-3-2-4-12(7-10)18-15(17)11-5-6-13-14(8-11)19-9-16-13/h2-9H,1H3. The van der Waals surface area contributed by atoms with Gasteiger partial charge >= 0.3 is 5.97 Å². The van der Waals surface area contributed by atoms with Crippen LogP contribution in [0.4, 0.5) is 0 Å². The van der Waals surface area contributed by atoms with E-state index >= 15 is 0 Å². The van der Waals surface area contributed by atoms with Crippen molar-refractivity contribution in [2.75, 3.05) is 0 Å². The van der Waals surface area contributed by atoms with Gasteiger partial charge in [-0.2, -0.15) is 0 Å². The number of nitrogens with zero attached hydrogens (tertiary/aromatic N) is 1. The molecule has 19 heavy (non-hydrogen) atoms. The van der Waals surface area contributed by atoms with Crippen molar-refractivity contribution in [1.29, 1.82) is 0 Å². The minimum atomic E-state index is -0.346. The first-order valence-corrected chi connectivity index (χ1v) is 6.72. The summed E-state index contributed by atoms with van der Waals surface area (Å²) in [7, 11) is 0. The van der Waals surface area contributed by atoms with E-state index in [4.69, 9.17) is 4.74 Å². The predicted octanol–water partition coefficient (Wildman–Crippen LogP) is 3.82. The van der Waals surface area contributed by atoms with Crippen LogP contribution in [0.2, 0.25) is 0 Å². The molecule has 0 aliphatic heterocycles. The summed E-state index contributed by atoms with van der Waals surface area (Å²) >= 11 is 1.51. The summed E-state index contributed by atoms with van der Waals surface area (Å²) in [6.07, 6.45) is 0. The number of rotatable bonds is 2. The van der Waals surface area contributed by atoms with Gasteiger partial charge in [0.15, 0.2) is 0 Å². The molecule has 3 nitrogen and oxygen atoms in total. The van der Waals surface area contributed by atoms with E-state index in [0.29, 0.717) is 11.3 Å². The SMILES string of the molecule is Cc1cccc(OC(=O)c2ccc3ncsc3c2)c1. The Labute approximate surface area is 114 Å². The van der Waals surface area contributed by atoms with E-state index in [2.05, 4.69) is 4.98 Å². The number of aromatic nitrogens is 1. The van der Waals surface area contributed by atoms with Gasteiger partial charge in [-0.15, -0.1) is 11.3 Å². The van der Waals surface area contributed by atoms with Gasteiger partial charge in [0.1, 0.15) is 5.75 Å². The molecule has 0 unspecified atom stereocenters. The van der Waals surface area contributed by atoms with Gasteiger partial charge in [-0.1, -0.05) is 12.1 Å². The molecule has 0 saturated heterocycles. The van der Waals surface area contributed by atoms with Crippen molar-refractivity contribution in [3.8, 4) is 5.75 Å². The molecule has 0 spiro atoms. The van der Waals surface area contributed by atoms with Crippen LogP contribution in [0.25, 0.3) is 10.2 Å². The zero-order chi connectivity index (χ0) is 13.2. The van der Waals surface area contributed by atoms with E-state index in [1.165, 1.54) is 11.3 Å². The Morgan fingerprint density at radius 2 is 2.11 bits per heavy atom. The molecule has 2 aromatic carbocycles. The third-order valence-electron chi connectivity index (χ3n) is 2.77. The Morgan fingerprint density at radius 1 is 1.21 bits per heavy atom. The van der Waals surface area contributed by atoms with E-state index in [0.717, 1.165) is 15.8 Å². The molecule has 94 valence electrons. The molecule has 1 heterocycles. The highest BCUT2D eigenvalue weighted by Crippen LogP contribution is 2.20. The molecule has 3 rings (SSSR count). The quantitative estimate of drug-likeness (QED) is 0.524. The monoisotopic (exact) mass is 269 g/mol. The predicted molar refractivity (Wildman–Crippen MR) is 75.8 cm³/mol. The third kappa shape index (κ3) is 2.48. The third-order valence-corrected chi connectivity index (χ3v) is 3.56. The molecule has 0 N–H and O–H groups in total. The van der Waals surface area contributed by atoms with E-state index in [-0.39, 0.29) is 5.97 Å². The Bertz CT molecular complexity index is 748. The number of aryl methyl sites for hydroxylation is 1. The number of benzene rings is 2. The maximum Gasteiger partial charge on any atom is 0.343 e. The van der Waals surface area contributed by atoms with Crippen LogP contribution in [0.1, 0.15) is 15.9 Å². The lowest BCUT2D eigenvalue weighted by molar-refractivity contribution is 0.0735. The Hall–Kier alpha value is -2.20. The van der Waals surface area contributed by atoms with Crippen LogP contribution in [0.3, 0.4) is 0 Å². The highest BCUT2D eigenvalue weighted by molar-refractivity contribution is 7.16. The molecular weight excluding hydrogens is 258 g/mol. The van der Waals surface area contributed by atoms with E-state index in [1.807, 2.05) is 37.3 Å². The minimum absolute atomic E-state index is 0.346. The number of hydrogen-bond donors (Lipinski definition) is 0. The van der Waals surface area contributed by atoms with Gasteiger partial charge in [0.2, 0.25) is 0 Å². The van der Waals surface area contributed by atoms with Crippen molar-refractivity contribution in [1.82, 2.24) is 4.98 Å². The second-order valence-electron chi connectivity index (χ2n) is 4.24. The van der Waals surface area contributed by atoms with Gasteiger partial charge < -0.3 is 4.74 Å². The highest BCUT2D eigenvalue weighted by Gasteiger charge is 2.10. The Morgan fingerprint density at radius 3 is 2.95 bits per heavy atom. The molecule has 0 bridgehead atoms. The molecule has 0 fully saturated rings. The average molecular weight is 269 g/mol. The summed E-state index contributed by atoms with van der Waals surface area (Å²) in [6, 6.07) is 12.8. The topological polar surface area (TPSA) is 39.2 Å². The molecule has 3 aromatic rings. The van der Waals surface area contributed by atoms with Crippen molar-refractivity contribution in [3.63, 3.8) is 0 Å². The number of carbonyl (C=O) groups is 1. The Kier molecular flexibility index (Phi) is 3.01. The van der Waals surface area contributed by atoms with E-state index in [1.54, 1.807) is 17.6 Å². The molecule has 0 amide bonds. The zero-order valence-electron chi connectivity index (χ0n) is 10.3. The zero-order valence-corrected chi connectivity index (χ0v) is 11.1. The van der Waals surface area contributed by atoms with Crippen LogP contribution >= 0.6 is 11.3 Å². The molecule has 0 saturated carbocycles. The van der Waals surface area contributed by atoms with Crippen LogP contribution in [0.5, 0.6) is 5.75 Å². The van der Waals surface area contributed by atoms with Crippen LogP contribution in [-0.4, -0.2) is 11.0 Å². The smallest absolute Gasteiger partial charge is 0.343 e. The van der Waals surface area contributed by atoms with Gasteiger partial charge in [0.25, 0.3) is 0 Å². The normalized spacial score (nSPS) is 10.6. The highest BCUT2D eigenvalue weighted by atomic mass is 32.1. The summed E-state index contributed by atoms with van der Waals surface area (Å²) in [4.78, 5) is 16.2. The number of hydrogen-bond acceptors (Lipinski definition) is 4. The Balaban J connectivity index is 1.87. The molecular formula is C15H11NO2S. The minimum Gasteiger partial charge on any atom is -0.423 e. The lowest BCUT2D eigenvalue weighted by Crippen LogP contribution is -2.08. The number of esters is 1. The van der Waals surface area contributed by atoms with Gasteiger partial charge in [-0.25, -0.2) is 9.78 Å². The molecule has 1 aromatic heterocycles. The first-order chi connectivity index (χ1) is 9.22. The number of fused-ring (bicyclic) bond motifs is 1. The van der Waals surface area contributed by atoms with Crippen molar-refractivity contribution >= 4 is 27.5 Å². The summed E-state index contributed by atoms with van der Waals surface area (Å²) in [5, 5.41) is 0. The average Bonchev–Trinajstić information content (AvgIpc) is 2.85. The van der Waals surface area contributed by atoms with Gasteiger partial charge in [0.05, 0.1) is 21.3 Å². The maximum absolute atomic E-state index is 12.1. The van der Waals surface area contributed by atoms with Gasteiger partial charge in [-0.05, 0) is 42.8 Å². The van der Waals surface area contributed by atoms with Crippen molar-refractivity contribution in [3.05, 3.63) is 59.1 Å². The van der Waals surface area contributed by atoms with Gasteiger partial charge in [-0.3, -0.25) is 0 Å². The number of ether oxygens (including phenoxy) is 1. The largest absolute Gasteiger partial charge is 0.423 e. The van der Waals surface area contributed by atoms with Crippen LogP contribution in [0.15, 0.2) is 48.0 Å². The fraction of sp³-hybridized carbons (Fsp3) is 0.0667. The van der Waals surface area contributed by atoms with E-state index in [9.17, 15) is 4.79 Å². The number of carbonyl (C=O) groups excluding carboxylic acids is 1. The lowest BCUT2D eigenvalue weighted by Gasteiger charge is -2.04. The molecule has 0 atom stereocenters. The van der Waals surface area contributed by atoms with Gasteiger partial charge in [0, 0.05) is 0 Å². The maximum atomic E-state index is 12.1. The van der Waals surface area contributed by atoms with E-state index < -0.39 is 0 Å². The lowest BCUT2D eigenvalue weighted by atomic mass is 10.2. The van der Waals surface area contributed by atoms with Crippen LogP contribution in [-0.2, 0) is 0 Å². The van der Waals surface area contributed by atoms with Crippen LogP contribution in [0, 0.1) is 6.92 Å². The van der Waals surface area contributed by atoms with Crippen LogP contribution < -0.4 is 4.74 Å². The first-order valence-electron chi connectivity index (χ1n) is 5.84. The first kappa shape index (κ1) is 11.9. The van der Waals surface area contributed by atoms with Crippen molar-refractivity contribution in [2.45, 2.75) is 6.92 Å². The number of thiazole rings is 1. The molecule has 0 radical (unpaired) electrons. The summed E-state index contributed by atoms with van der Waals surface area (Å²) < 4.78 is 6.34.